The number of benzene rings is 7. The Morgan fingerprint density at radius 2 is 0.982 bits per heavy atom. The molecule has 12 rings (SSSR count). The lowest BCUT2D eigenvalue weighted by molar-refractivity contribution is 0.668. The lowest BCUT2D eigenvalue weighted by Crippen LogP contribution is -2.29. The molecule has 0 fully saturated rings. The van der Waals surface area contributed by atoms with Gasteiger partial charge in [-0.1, -0.05) is 133 Å². The number of hydrogen-bond donors (Lipinski definition) is 0. The molecule has 3 aromatic heterocycles. The lowest BCUT2D eigenvalue weighted by Gasteiger charge is -2.35. The van der Waals surface area contributed by atoms with Crippen LogP contribution in [0.1, 0.15) is 22.3 Å². The summed E-state index contributed by atoms with van der Waals surface area (Å²) >= 11 is 0. The van der Waals surface area contributed by atoms with Gasteiger partial charge in [0.1, 0.15) is 11.2 Å². The highest BCUT2D eigenvalue weighted by molar-refractivity contribution is 6.09. The van der Waals surface area contributed by atoms with Crippen molar-refractivity contribution in [2.75, 3.05) is 0 Å². The molecule has 0 saturated heterocycles. The van der Waals surface area contributed by atoms with Crippen molar-refractivity contribution in [3.05, 3.63) is 211 Å². The van der Waals surface area contributed by atoms with Gasteiger partial charge in [0.2, 0.25) is 0 Å². The molecular formula is C52H31N3O. The summed E-state index contributed by atoms with van der Waals surface area (Å²) in [4.78, 5) is 15.0. The second kappa shape index (κ2) is 11.8. The Balaban J connectivity index is 1.22. The van der Waals surface area contributed by atoms with Gasteiger partial charge in [-0.25, -0.2) is 9.97 Å². The third kappa shape index (κ3) is 4.32. The second-order valence-corrected chi connectivity index (χ2v) is 14.7. The van der Waals surface area contributed by atoms with Crippen LogP contribution in [0.25, 0.3) is 89.2 Å². The second-order valence-electron chi connectivity index (χ2n) is 14.7. The first-order chi connectivity index (χ1) is 27.8. The molecule has 1 spiro atoms. The van der Waals surface area contributed by atoms with E-state index in [-0.39, 0.29) is 0 Å². The normalized spacial score (nSPS) is 14.9. The minimum absolute atomic E-state index is 0.664. The van der Waals surface area contributed by atoms with Crippen molar-refractivity contribution in [2.45, 2.75) is 5.41 Å². The summed E-state index contributed by atoms with van der Waals surface area (Å²) in [6.07, 6.45) is 3.66. The fraction of sp³-hybridized carbons (Fsp3) is 0.0192. The maximum Gasteiger partial charge on any atom is 0.160 e. The molecular weight excluding hydrogens is 683 g/mol. The van der Waals surface area contributed by atoms with Crippen LogP contribution in [0.15, 0.2) is 193 Å². The van der Waals surface area contributed by atoms with Gasteiger partial charge in [-0.05, 0) is 98.1 Å². The van der Waals surface area contributed by atoms with E-state index in [0.717, 1.165) is 50.0 Å². The monoisotopic (exact) mass is 713 g/mol. The Morgan fingerprint density at radius 3 is 1.73 bits per heavy atom. The van der Waals surface area contributed by atoms with Crippen LogP contribution >= 0.6 is 0 Å². The number of para-hydroxylation sites is 1. The fourth-order valence-electron chi connectivity index (χ4n) is 9.44. The van der Waals surface area contributed by atoms with Crippen LogP contribution in [0.3, 0.4) is 0 Å². The predicted octanol–water partition coefficient (Wildman–Crippen LogP) is 12.8. The van der Waals surface area contributed by atoms with Gasteiger partial charge < -0.3 is 4.42 Å². The Kier molecular flexibility index (Phi) is 6.52. The molecule has 2 aliphatic rings. The summed E-state index contributed by atoms with van der Waals surface area (Å²) in [5.41, 5.74) is 17.9. The van der Waals surface area contributed by atoms with E-state index < -0.39 is 5.41 Å². The molecule has 3 heterocycles. The Morgan fingerprint density at radius 1 is 0.375 bits per heavy atom. The number of aromatic nitrogens is 3. The summed E-state index contributed by atoms with van der Waals surface area (Å²) in [5, 5.41) is 2.23. The van der Waals surface area contributed by atoms with Crippen molar-refractivity contribution in [3.8, 4) is 67.3 Å². The van der Waals surface area contributed by atoms with Crippen LogP contribution in [0, 0.1) is 0 Å². The molecule has 0 radical (unpaired) electrons. The molecule has 0 amide bonds. The Bertz CT molecular complexity index is 3140. The van der Waals surface area contributed by atoms with Crippen molar-refractivity contribution < 1.29 is 4.42 Å². The summed E-state index contributed by atoms with van der Waals surface area (Å²) in [6, 6.07) is 63.1. The van der Waals surface area contributed by atoms with E-state index >= 15 is 0 Å². The molecule has 56 heavy (non-hydrogen) atoms. The molecule has 7 aromatic carbocycles. The van der Waals surface area contributed by atoms with E-state index in [1.165, 1.54) is 55.6 Å². The number of hydrogen-bond acceptors (Lipinski definition) is 4. The quantitative estimate of drug-likeness (QED) is 0.183. The molecule has 1 atom stereocenters. The summed E-state index contributed by atoms with van der Waals surface area (Å²) in [6.45, 7) is 0. The Labute approximate surface area is 323 Å². The molecule has 0 aliphatic heterocycles. The third-order valence-electron chi connectivity index (χ3n) is 11.8. The fourth-order valence-corrected chi connectivity index (χ4v) is 9.44. The van der Waals surface area contributed by atoms with Gasteiger partial charge in [0.05, 0.1) is 16.8 Å². The summed E-state index contributed by atoms with van der Waals surface area (Å²) < 4.78 is 6.53. The van der Waals surface area contributed by atoms with Crippen LogP contribution in [0.2, 0.25) is 0 Å². The minimum atomic E-state index is -0.678. The highest BCUT2D eigenvalue weighted by Crippen LogP contribution is 2.62. The lowest BCUT2D eigenvalue weighted by atomic mass is 9.65. The SMILES string of the molecule is c1ccc(-c2cc(-c3cccnc3)nc(-c3ccc4c(c3)C3(c5ccccc5-c5ccccc5-4)c4ccccc4-c4cc5oc6ccccc6c5cc43)n2)cc1. The predicted molar refractivity (Wildman–Crippen MR) is 225 cm³/mol. The molecule has 2 aliphatic carbocycles. The topological polar surface area (TPSA) is 51.8 Å². The van der Waals surface area contributed by atoms with Crippen LogP contribution in [0.4, 0.5) is 0 Å². The Hall–Kier alpha value is -7.43. The van der Waals surface area contributed by atoms with Gasteiger partial charge in [-0.15, -0.1) is 0 Å². The number of rotatable bonds is 3. The summed E-state index contributed by atoms with van der Waals surface area (Å²) in [7, 11) is 0. The van der Waals surface area contributed by atoms with Gasteiger partial charge in [0.25, 0.3) is 0 Å². The molecule has 0 N–H and O–H groups in total. The maximum absolute atomic E-state index is 6.53. The average molecular weight is 714 g/mol. The molecule has 0 saturated carbocycles. The number of fused-ring (bicyclic) bond motifs is 15. The highest BCUT2D eigenvalue weighted by Gasteiger charge is 2.50. The first-order valence-electron chi connectivity index (χ1n) is 19.0. The third-order valence-corrected chi connectivity index (χ3v) is 11.8. The average Bonchev–Trinajstić information content (AvgIpc) is 3.75. The first kappa shape index (κ1) is 31.0. The largest absolute Gasteiger partial charge is 0.456 e. The van der Waals surface area contributed by atoms with Crippen molar-refractivity contribution in [2.24, 2.45) is 0 Å². The number of nitrogens with zero attached hydrogens (tertiary/aromatic N) is 3. The van der Waals surface area contributed by atoms with Gasteiger partial charge in [-0.3, -0.25) is 4.98 Å². The number of pyridine rings is 1. The zero-order valence-corrected chi connectivity index (χ0v) is 30.1. The van der Waals surface area contributed by atoms with E-state index in [1.807, 2.05) is 24.4 Å². The van der Waals surface area contributed by atoms with E-state index in [4.69, 9.17) is 14.4 Å². The standard InChI is InChI=1S/C52H31N3O/c1-2-13-32(14-3-1)47-30-48(34-15-12-26-53-31-34)55-51(54-47)33-24-25-39-36-17-5-4-16-35(36)37-18-6-9-21-43(37)52(45(39)27-33)44-22-10-7-19-38(44)41-29-50-42(28-46(41)52)40-20-8-11-23-49(40)56-50/h1-31H. The molecule has 1 unspecified atom stereocenters. The van der Waals surface area contributed by atoms with Crippen LogP contribution in [0.5, 0.6) is 0 Å². The summed E-state index contributed by atoms with van der Waals surface area (Å²) in [5.74, 6) is 0.664. The number of furan rings is 1. The highest BCUT2D eigenvalue weighted by atomic mass is 16.3. The van der Waals surface area contributed by atoms with Gasteiger partial charge >= 0.3 is 0 Å². The van der Waals surface area contributed by atoms with Crippen molar-refractivity contribution in [1.82, 2.24) is 15.0 Å². The minimum Gasteiger partial charge on any atom is -0.456 e. The van der Waals surface area contributed by atoms with Crippen LogP contribution < -0.4 is 0 Å². The zero-order chi connectivity index (χ0) is 36.8. The van der Waals surface area contributed by atoms with E-state index in [2.05, 4.69) is 163 Å². The maximum atomic E-state index is 6.53. The van der Waals surface area contributed by atoms with Gasteiger partial charge in [-0.2, -0.15) is 0 Å². The van der Waals surface area contributed by atoms with Crippen LogP contribution in [-0.2, 0) is 5.41 Å². The molecule has 4 nitrogen and oxygen atoms in total. The van der Waals surface area contributed by atoms with E-state index in [9.17, 15) is 0 Å². The van der Waals surface area contributed by atoms with Crippen LogP contribution in [-0.4, -0.2) is 15.0 Å². The molecule has 10 aromatic rings. The van der Waals surface area contributed by atoms with Crippen molar-refractivity contribution in [1.29, 1.82) is 0 Å². The van der Waals surface area contributed by atoms with E-state index in [0.29, 0.717) is 5.82 Å². The van der Waals surface area contributed by atoms with Crippen molar-refractivity contribution in [3.63, 3.8) is 0 Å². The first-order valence-corrected chi connectivity index (χ1v) is 19.0. The van der Waals surface area contributed by atoms with Crippen molar-refractivity contribution >= 4 is 21.9 Å². The smallest absolute Gasteiger partial charge is 0.160 e. The molecule has 4 heteroatoms. The zero-order valence-electron chi connectivity index (χ0n) is 30.1. The van der Waals surface area contributed by atoms with Gasteiger partial charge in [0, 0.05) is 39.9 Å². The molecule has 260 valence electrons. The molecule has 0 bridgehead atoms. The van der Waals surface area contributed by atoms with E-state index in [1.54, 1.807) is 6.20 Å². The van der Waals surface area contributed by atoms with Gasteiger partial charge in [0.15, 0.2) is 5.82 Å².